The van der Waals surface area contributed by atoms with Crippen LogP contribution in [-0.4, -0.2) is 52.2 Å². The molecule has 2 fully saturated rings. The standard InChI is InChI=1S/C23H23NO6/c25-20-15-9-16(21(20)26)19(18(15)22(27)28)24-23(29)30-10-17-13-7-3-1-5-11(13)12-6-2-4-8-14(12)17/h1-8,15-21,25-26H,9-10H2,(H,24,29)(H,27,28)/t15-,16+,18+,19-,20-,21+/m1/s1. The fourth-order valence-electron chi connectivity index (χ4n) is 5.66. The van der Waals surface area contributed by atoms with Crippen molar-refractivity contribution in [2.45, 2.75) is 30.6 Å². The van der Waals surface area contributed by atoms with E-state index in [1.54, 1.807) is 0 Å². The van der Waals surface area contributed by atoms with Crippen molar-refractivity contribution in [2.75, 3.05) is 6.61 Å². The molecule has 7 heteroatoms. The molecule has 7 nitrogen and oxygen atoms in total. The normalized spacial score (nSPS) is 31.3. The van der Waals surface area contributed by atoms with E-state index in [9.17, 15) is 24.9 Å². The smallest absolute Gasteiger partial charge is 0.407 e. The molecule has 6 atom stereocenters. The number of hydrogen-bond donors (Lipinski definition) is 4. The highest BCUT2D eigenvalue weighted by molar-refractivity contribution is 5.79. The summed E-state index contributed by atoms with van der Waals surface area (Å²) in [5, 5.41) is 32.4. The second-order valence-electron chi connectivity index (χ2n) is 8.40. The quantitative estimate of drug-likeness (QED) is 0.614. The summed E-state index contributed by atoms with van der Waals surface area (Å²) in [5.74, 6) is -3.18. The Balaban J connectivity index is 1.30. The number of benzene rings is 2. The summed E-state index contributed by atoms with van der Waals surface area (Å²) in [7, 11) is 0. The number of hydrogen-bond acceptors (Lipinski definition) is 5. The van der Waals surface area contributed by atoms with Gasteiger partial charge in [0, 0.05) is 17.8 Å². The first-order valence-electron chi connectivity index (χ1n) is 10.2. The van der Waals surface area contributed by atoms with Crippen LogP contribution in [0.2, 0.25) is 0 Å². The van der Waals surface area contributed by atoms with E-state index in [2.05, 4.69) is 5.32 Å². The molecule has 1 amide bonds. The Morgan fingerprint density at radius 1 is 0.933 bits per heavy atom. The lowest BCUT2D eigenvalue weighted by atomic mass is 9.81. The SMILES string of the molecule is O=C(N[C@@H]1[C@@H]2C[C@@H]([C@@H](O)[C@H]2O)[C@@H]1C(=O)O)OCC1c2ccccc2-c2ccccc21. The van der Waals surface area contributed by atoms with Crippen LogP contribution < -0.4 is 5.32 Å². The van der Waals surface area contributed by atoms with Gasteiger partial charge in [0.2, 0.25) is 0 Å². The number of nitrogens with one attached hydrogen (secondary N) is 1. The first-order valence-corrected chi connectivity index (χ1v) is 10.2. The summed E-state index contributed by atoms with van der Waals surface area (Å²) in [6, 6.07) is 15.3. The number of amides is 1. The van der Waals surface area contributed by atoms with Gasteiger partial charge in [-0.3, -0.25) is 4.79 Å². The molecule has 2 aromatic rings. The highest BCUT2D eigenvalue weighted by atomic mass is 16.5. The Bertz CT molecular complexity index is 961. The highest BCUT2D eigenvalue weighted by Gasteiger charge is 2.60. The molecular weight excluding hydrogens is 386 g/mol. The topological polar surface area (TPSA) is 116 Å². The number of ether oxygens (including phenoxy) is 1. The van der Waals surface area contributed by atoms with Crippen LogP contribution in [0.3, 0.4) is 0 Å². The molecule has 0 saturated heterocycles. The molecule has 2 aromatic carbocycles. The molecule has 0 heterocycles. The van der Waals surface area contributed by atoms with Gasteiger partial charge in [-0.05, 0) is 28.7 Å². The summed E-state index contributed by atoms with van der Waals surface area (Å²) < 4.78 is 5.51. The van der Waals surface area contributed by atoms with Crippen LogP contribution in [0.25, 0.3) is 11.1 Å². The molecule has 2 bridgehead atoms. The Labute approximate surface area is 173 Å². The molecule has 0 spiro atoms. The number of aliphatic hydroxyl groups is 2. The van der Waals surface area contributed by atoms with Gasteiger partial charge in [0.25, 0.3) is 0 Å². The van der Waals surface area contributed by atoms with Gasteiger partial charge in [0.05, 0.1) is 24.2 Å². The third-order valence-electron chi connectivity index (χ3n) is 6.99. The number of carboxylic acid groups (broad SMARTS) is 1. The zero-order valence-electron chi connectivity index (χ0n) is 16.1. The Morgan fingerprint density at radius 3 is 2.10 bits per heavy atom. The average Bonchev–Trinajstić information content (AvgIpc) is 3.36. The number of carboxylic acids is 1. The Hall–Kier alpha value is -2.90. The number of carbonyl (C=O) groups is 2. The van der Waals surface area contributed by atoms with Gasteiger partial charge in [-0.2, -0.15) is 0 Å². The minimum atomic E-state index is -1.09. The van der Waals surface area contributed by atoms with E-state index < -0.39 is 48.1 Å². The summed E-state index contributed by atoms with van der Waals surface area (Å²) in [6.45, 7) is 0.129. The Kier molecular flexibility index (Phi) is 4.52. The lowest BCUT2D eigenvalue weighted by molar-refractivity contribution is -0.149. The van der Waals surface area contributed by atoms with Gasteiger partial charge >= 0.3 is 12.1 Å². The number of carbonyl (C=O) groups excluding carboxylic acids is 1. The minimum Gasteiger partial charge on any atom is -0.481 e. The van der Waals surface area contributed by atoms with Gasteiger partial charge < -0.3 is 25.4 Å². The van der Waals surface area contributed by atoms with Gasteiger partial charge in [-0.15, -0.1) is 0 Å². The maximum absolute atomic E-state index is 12.5. The largest absolute Gasteiger partial charge is 0.481 e. The molecule has 3 aliphatic carbocycles. The van der Waals surface area contributed by atoms with Crippen LogP contribution in [0.1, 0.15) is 23.5 Å². The number of aliphatic carboxylic acids is 1. The van der Waals surface area contributed by atoms with Crippen molar-refractivity contribution in [1.29, 1.82) is 0 Å². The first kappa shape index (κ1) is 19.1. The molecule has 0 unspecified atom stereocenters. The minimum absolute atomic E-state index is 0.0918. The molecule has 0 aliphatic heterocycles. The number of aliphatic hydroxyl groups excluding tert-OH is 2. The third kappa shape index (κ3) is 2.80. The molecule has 2 saturated carbocycles. The van der Waals surface area contributed by atoms with Crippen molar-refractivity contribution in [2.24, 2.45) is 17.8 Å². The van der Waals surface area contributed by atoms with Crippen molar-refractivity contribution in [3.05, 3.63) is 59.7 Å². The second kappa shape index (κ2) is 7.11. The van der Waals surface area contributed by atoms with Gasteiger partial charge in [0.15, 0.2) is 0 Å². The van der Waals surface area contributed by atoms with Crippen LogP contribution in [0.5, 0.6) is 0 Å². The Morgan fingerprint density at radius 2 is 1.50 bits per heavy atom. The zero-order valence-corrected chi connectivity index (χ0v) is 16.1. The summed E-state index contributed by atoms with van der Waals surface area (Å²) in [4.78, 5) is 24.2. The van der Waals surface area contributed by atoms with E-state index in [0.29, 0.717) is 6.42 Å². The summed E-state index contributed by atoms with van der Waals surface area (Å²) in [6.07, 6.45) is -2.45. The van der Waals surface area contributed by atoms with Gasteiger partial charge in [-0.1, -0.05) is 48.5 Å². The molecule has 3 aliphatic rings. The molecule has 4 N–H and O–H groups in total. The van der Waals surface area contributed by atoms with Crippen molar-refractivity contribution in [3.63, 3.8) is 0 Å². The molecule has 5 rings (SSSR count). The number of rotatable bonds is 4. The monoisotopic (exact) mass is 409 g/mol. The molecule has 156 valence electrons. The van der Waals surface area contributed by atoms with E-state index in [1.165, 1.54) is 0 Å². The van der Waals surface area contributed by atoms with Crippen LogP contribution in [-0.2, 0) is 9.53 Å². The lowest BCUT2D eigenvalue weighted by Gasteiger charge is -2.34. The van der Waals surface area contributed by atoms with Crippen LogP contribution >= 0.6 is 0 Å². The number of alkyl carbamates (subject to hydrolysis) is 1. The highest BCUT2D eigenvalue weighted by Crippen LogP contribution is 2.49. The van der Waals surface area contributed by atoms with E-state index in [1.807, 2.05) is 48.5 Å². The summed E-state index contributed by atoms with van der Waals surface area (Å²) >= 11 is 0. The van der Waals surface area contributed by atoms with Gasteiger partial charge in [-0.25, -0.2) is 4.79 Å². The van der Waals surface area contributed by atoms with Crippen LogP contribution in [0, 0.1) is 17.8 Å². The van der Waals surface area contributed by atoms with E-state index in [4.69, 9.17) is 4.74 Å². The van der Waals surface area contributed by atoms with E-state index in [0.717, 1.165) is 22.3 Å². The maximum Gasteiger partial charge on any atom is 0.407 e. The van der Waals surface area contributed by atoms with Crippen LogP contribution in [0.4, 0.5) is 4.79 Å². The first-order chi connectivity index (χ1) is 14.5. The summed E-state index contributed by atoms with van der Waals surface area (Å²) in [5.41, 5.74) is 4.43. The van der Waals surface area contributed by atoms with Crippen LogP contribution in [0.15, 0.2) is 48.5 Å². The fraction of sp³-hybridized carbons (Fsp3) is 0.391. The van der Waals surface area contributed by atoms with Crippen molar-refractivity contribution in [3.8, 4) is 11.1 Å². The van der Waals surface area contributed by atoms with Crippen molar-refractivity contribution < 1.29 is 29.6 Å². The zero-order chi connectivity index (χ0) is 21.0. The third-order valence-corrected chi connectivity index (χ3v) is 6.99. The predicted octanol–water partition coefficient (Wildman–Crippen LogP) is 1.97. The fourth-order valence-corrected chi connectivity index (χ4v) is 5.66. The number of fused-ring (bicyclic) bond motifs is 5. The van der Waals surface area contributed by atoms with E-state index >= 15 is 0 Å². The maximum atomic E-state index is 12.5. The van der Waals surface area contributed by atoms with E-state index in [-0.39, 0.29) is 12.5 Å². The molecular formula is C23H23NO6. The van der Waals surface area contributed by atoms with Gasteiger partial charge in [0.1, 0.15) is 6.61 Å². The van der Waals surface area contributed by atoms with Crippen molar-refractivity contribution >= 4 is 12.1 Å². The predicted molar refractivity (Wildman–Crippen MR) is 107 cm³/mol. The van der Waals surface area contributed by atoms with Crippen molar-refractivity contribution in [1.82, 2.24) is 5.32 Å². The molecule has 30 heavy (non-hydrogen) atoms. The second-order valence-corrected chi connectivity index (χ2v) is 8.40. The molecule has 0 aromatic heterocycles. The molecule has 0 radical (unpaired) electrons. The lowest BCUT2D eigenvalue weighted by Crippen LogP contribution is -2.54. The average molecular weight is 409 g/mol.